The number of pyridine rings is 1. The summed E-state index contributed by atoms with van der Waals surface area (Å²) in [6.45, 7) is 4.66. The van der Waals surface area contributed by atoms with Crippen LogP contribution in [0, 0.1) is 12.7 Å². The maximum atomic E-state index is 14.1. The van der Waals surface area contributed by atoms with Gasteiger partial charge in [-0.15, -0.1) is 0 Å². The van der Waals surface area contributed by atoms with Crippen LogP contribution in [0.1, 0.15) is 29.7 Å². The number of aryl methyl sites for hydroxylation is 1. The molecule has 1 aromatic heterocycles. The molecular weight excluding hydrogens is 275 g/mol. The van der Waals surface area contributed by atoms with Gasteiger partial charge in [0.1, 0.15) is 5.82 Å². The van der Waals surface area contributed by atoms with Crippen molar-refractivity contribution >= 4 is 11.6 Å². The zero-order valence-electron chi connectivity index (χ0n) is 11.7. The molecule has 1 N–H and O–H groups in total. The summed E-state index contributed by atoms with van der Waals surface area (Å²) >= 11 is 6.14. The summed E-state index contributed by atoms with van der Waals surface area (Å²) in [5.74, 6) is -0.180. The quantitative estimate of drug-likeness (QED) is 0.898. The normalized spacial score (nSPS) is 12.4. The third kappa shape index (κ3) is 3.56. The molecule has 2 rings (SSSR count). The highest BCUT2D eigenvalue weighted by molar-refractivity contribution is 6.31. The molecule has 2 aromatic rings. The van der Waals surface area contributed by atoms with Crippen molar-refractivity contribution in [3.05, 3.63) is 64.2 Å². The number of halogens is 2. The van der Waals surface area contributed by atoms with E-state index in [9.17, 15) is 4.39 Å². The molecule has 0 spiro atoms. The Morgan fingerprint density at radius 2 is 2.15 bits per heavy atom. The van der Waals surface area contributed by atoms with Crippen LogP contribution in [0.15, 0.2) is 36.7 Å². The maximum absolute atomic E-state index is 14.1. The minimum absolute atomic E-state index is 0.0968. The van der Waals surface area contributed by atoms with E-state index in [1.165, 1.54) is 0 Å². The monoisotopic (exact) mass is 292 g/mol. The molecule has 0 radical (unpaired) electrons. The molecule has 0 bridgehead atoms. The lowest BCUT2D eigenvalue weighted by molar-refractivity contribution is 0.509. The van der Waals surface area contributed by atoms with Gasteiger partial charge in [-0.05, 0) is 43.1 Å². The Kier molecular flexibility index (Phi) is 5.10. The maximum Gasteiger partial charge on any atom is 0.128 e. The molecule has 20 heavy (non-hydrogen) atoms. The van der Waals surface area contributed by atoms with Crippen molar-refractivity contribution in [2.45, 2.75) is 26.3 Å². The standard InChI is InChI=1S/C16H18ClFN2/c1-3-20-16(9-12-6-7-19-10-14(12)17)13-5-4-11(2)8-15(13)18/h4-8,10,16,20H,3,9H2,1-2H3. The van der Waals surface area contributed by atoms with Crippen LogP contribution in [0.5, 0.6) is 0 Å². The summed E-state index contributed by atoms with van der Waals surface area (Å²) in [5, 5.41) is 3.93. The van der Waals surface area contributed by atoms with Crippen LogP contribution >= 0.6 is 11.6 Å². The van der Waals surface area contributed by atoms with Gasteiger partial charge in [-0.25, -0.2) is 4.39 Å². The average Bonchev–Trinajstić information content (AvgIpc) is 2.41. The summed E-state index contributed by atoms with van der Waals surface area (Å²) in [6.07, 6.45) is 3.95. The van der Waals surface area contributed by atoms with E-state index < -0.39 is 0 Å². The molecule has 1 unspecified atom stereocenters. The summed E-state index contributed by atoms with van der Waals surface area (Å²) in [4.78, 5) is 3.97. The van der Waals surface area contributed by atoms with Gasteiger partial charge in [-0.1, -0.05) is 30.7 Å². The highest BCUT2D eigenvalue weighted by atomic mass is 35.5. The lowest BCUT2D eigenvalue weighted by Crippen LogP contribution is -2.24. The van der Waals surface area contributed by atoms with Crippen molar-refractivity contribution in [2.24, 2.45) is 0 Å². The average molecular weight is 293 g/mol. The molecule has 1 aromatic carbocycles. The van der Waals surface area contributed by atoms with Crippen LogP contribution in [-0.4, -0.2) is 11.5 Å². The van der Waals surface area contributed by atoms with Gasteiger partial charge in [-0.2, -0.15) is 0 Å². The Labute approximate surface area is 124 Å². The van der Waals surface area contributed by atoms with Crippen molar-refractivity contribution in [3.63, 3.8) is 0 Å². The highest BCUT2D eigenvalue weighted by Crippen LogP contribution is 2.25. The van der Waals surface area contributed by atoms with Crippen LogP contribution in [0.4, 0.5) is 4.39 Å². The molecule has 0 fully saturated rings. The first kappa shape index (κ1) is 14.9. The fourth-order valence-electron chi connectivity index (χ4n) is 2.24. The summed E-state index contributed by atoms with van der Waals surface area (Å²) in [7, 11) is 0. The van der Waals surface area contributed by atoms with Gasteiger partial charge in [0.2, 0.25) is 0 Å². The molecule has 0 aliphatic rings. The number of hydrogen-bond donors (Lipinski definition) is 1. The third-order valence-electron chi connectivity index (χ3n) is 3.26. The molecule has 1 heterocycles. The van der Waals surface area contributed by atoms with Crippen LogP contribution in [0.25, 0.3) is 0 Å². The highest BCUT2D eigenvalue weighted by Gasteiger charge is 2.16. The van der Waals surface area contributed by atoms with E-state index in [1.54, 1.807) is 18.5 Å². The molecule has 106 valence electrons. The van der Waals surface area contributed by atoms with Crippen molar-refractivity contribution in [3.8, 4) is 0 Å². The Bertz CT molecular complexity index is 586. The second kappa shape index (κ2) is 6.82. The lowest BCUT2D eigenvalue weighted by atomic mass is 9.98. The summed E-state index contributed by atoms with van der Waals surface area (Å²) in [5.41, 5.74) is 2.56. The predicted octanol–water partition coefficient (Wildman–Crippen LogP) is 4.08. The number of nitrogens with one attached hydrogen (secondary N) is 1. The Morgan fingerprint density at radius 3 is 2.80 bits per heavy atom. The number of likely N-dealkylation sites (N-methyl/N-ethyl adjacent to an activating group) is 1. The van der Waals surface area contributed by atoms with Gasteiger partial charge in [0.25, 0.3) is 0 Å². The van der Waals surface area contributed by atoms with Crippen molar-refractivity contribution in [1.29, 1.82) is 0 Å². The van der Waals surface area contributed by atoms with Gasteiger partial charge in [-0.3, -0.25) is 4.98 Å². The van der Waals surface area contributed by atoms with Crippen LogP contribution in [-0.2, 0) is 6.42 Å². The molecule has 1 atom stereocenters. The van der Waals surface area contributed by atoms with E-state index in [0.29, 0.717) is 17.0 Å². The molecule has 0 saturated carbocycles. The van der Waals surface area contributed by atoms with E-state index in [1.807, 2.05) is 32.0 Å². The van der Waals surface area contributed by atoms with Gasteiger partial charge in [0.05, 0.1) is 5.02 Å². The second-order valence-corrected chi connectivity index (χ2v) is 5.21. The van der Waals surface area contributed by atoms with Crippen molar-refractivity contribution < 1.29 is 4.39 Å². The molecule has 0 aliphatic heterocycles. The van der Waals surface area contributed by atoms with Crippen LogP contribution < -0.4 is 5.32 Å². The number of nitrogens with zero attached hydrogens (tertiary/aromatic N) is 1. The second-order valence-electron chi connectivity index (χ2n) is 4.81. The van der Waals surface area contributed by atoms with Gasteiger partial charge in [0.15, 0.2) is 0 Å². The molecule has 0 aliphatic carbocycles. The molecular formula is C16H18ClFN2. The number of benzene rings is 1. The van der Waals surface area contributed by atoms with E-state index in [2.05, 4.69) is 10.3 Å². The van der Waals surface area contributed by atoms with Crippen molar-refractivity contribution in [2.75, 3.05) is 6.54 Å². The smallest absolute Gasteiger partial charge is 0.128 e. The Morgan fingerprint density at radius 1 is 1.35 bits per heavy atom. The van der Waals surface area contributed by atoms with E-state index in [0.717, 1.165) is 17.7 Å². The van der Waals surface area contributed by atoms with Gasteiger partial charge < -0.3 is 5.32 Å². The first-order valence-electron chi connectivity index (χ1n) is 6.69. The Hall–Kier alpha value is -1.45. The molecule has 0 amide bonds. The van der Waals surface area contributed by atoms with Gasteiger partial charge >= 0.3 is 0 Å². The SMILES string of the molecule is CCNC(Cc1ccncc1Cl)c1ccc(C)cc1F. The molecule has 4 heteroatoms. The number of aromatic nitrogens is 1. The minimum Gasteiger partial charge on any atom is -0.310 e. The third-order valence-corrected chi connectivity index (χ3v) is 3.60. The predicted molar refractivity (Wildman–Crippen MR) is 80.5 cm³/mol. The molecule has 0 saturated heterocycles. The van der Waals surface area contributed by atoms with Gasteiger partial charge in [0, 0.05) is 24.0 Å². The zero-order chi connectivity index (χ0) is 14.5. The largest absolute Gasteiger partial charge is 0.310 e. The first-order valence-corrected chi connectivity index (χ1v) is 7.07. The van der Waals surface area contributed by atoms with E-state index in [4.69, 9.17) is 11.6 Å². The Balaban J connectivity index is 2.29. The molecule has 2 nitrogen and oxygen atoms in total. The fraction of sp³-hybridized carbons (Fsp3) is 0.312. The number of hydrogen-bond acceptors (Lipinski definition) is 2. The lowest BCUT2D eigenvalue weighted by Gasteiger charge is -2.20. The fourth-order valence-corrected chi connectivity index (χ4v) is 2.44. The minimum atomic E-state index is -0.180. The zero-order valence-corrected chi connectivity index (χ0v) is 12.4. The van der Waals surface area contributed by atoms with E-state index in [-0.39, 0.29) is 11.9 Å². The van der Waals surface area contributed by atoms with Crippen LogP contribution in [0.3, 0.4) is 0 Å². The van der Waals surface area contributed by atoms with Crippen LogP contribution in [0.2, 0.25) is 5.02 Å². The first-order chi connectivity index (χ1) is 9.61. The summed E-state index contributed by atoms with van der Waals surface area (Å²) in [6, 6.07) is 7.11. The summed E-state index contributed by atoms with van der Waals surface area (Å²) < 4.78 is 14.1. The number of rotatable bonds is 5. The topological polar surface area (TPSA) is 24.9 Å². The van der Waals surface area contributed by atoms with Crippen molar-refractivity contribution in [1.82, 2.24) is 10.3 Å². The van der Waals surface area contributed by atoms with E-state index >= 15 is 0 Å².